The molecule has 0 aliphatic carbocycles. The Kier molecular flexibility index (Phi) is 3.88. The standard InChI is InChI=1S/C19H21NO2/c1-4-7-12(2)20-19(21)17-13(3)15-11-10-14-8-5-6-9-16(14)18(15)22-17/h5-6,8-12H,4,7H2,1-3H3,(H,20,21). The van der Waals surface area contributed by atoms with Crippen LogP contribution in [0.3, 0.4) is 0 Å². The fraction of sp³-hybridized carbons (Fsp3) is 0.316. The average Bonchev–Trinajstić information content (AvgIpc) is 2.85. The Bertz CT molecular complexity index is 832. The third-order valence-electron chi connectivity index (χ3n) is 4.13. The Labute approximate surface area is 130 Å². The normalized spacial score (nSPS) is 12.7. The predicted molar refractivity (Wildman–Crippen MR) is 90.3 cm³/mol. The molecule has 0 bridgehead atoms. The monoisotopic (exact) mass is 295 g/mol. The van der Waals surface area contributed by atoms with Gasteiger partial charge in [-0.15, -0.1) is 0 Å². The molecule has 2 aromatic carbocycles. The van der Waals surface area contributed by atoms with Crippen molar-refractivity contribution in [2.24, 2.45) is 0 Å². The molecule has 3 heteroatoms. The van der Waals surface area contributed by atoms with Gasteiger partial charge in [-0.3, -0.25) is 4.79 Å². The van der Waals surface area contributed by atoms with E-state index in [1.165, 1.54) is 0 Å². The molecular formula is C19H21NO2. The van der Waals surface area contributed by atoms with Crippen LogP contribution in [-0.2, 0) is 0 Å². The maximum absolute atomic E-state index is 12.5. The van der Waals surface area contributed by atoms with E-state index in [0.717, 1.165) is 40.1 Å². The largest absolute Gasteiger partial charge is 0.450 e. The number of amides is 1. The Morgan fingerprint density at radius 2 is 1.95 bits per heavy atom. The first-order valence-electron chi connectivity index (χ1n) is 7.83. The van der Waals surface area contributed by atoms with Crippen molar-refractivity contribution < 1.29 is 9.21 Å². The number of aryl methyl sites for hydroxylation is 1. The SMILES string of the molecule is CCCC(C)NC(=O)c1oc2c(ccc3ccccc32)c1C. The van der Waals surface area contributed by atoms with Gasteiger partial charge in [-0.05, 0) is 25.7 Å². The van der Waals surface area contributed by atoms with Crippen LogP contribution in [-0.4, -0.2) is 11.9 Å². The molecule has 1 aromatic heterocycles. The average molecular weight is 295 g/mol. The summed E-state index contributed by atoms with van der Waals surface area (Å²) >= 11 is 0. The highest BCUT2D eigenvalue weighted by Gasteiger charge is 2.20. The molecule has 3 rings (SSSR count). The first-order chi connectivity index (χ1) is 10.6. The quantitative estimate of drug-likeness (QED) is 0.750. The third-order valence-corrected chi connectivity index (χ3v) is 4.13. The van der Waals surface area contributed by atoms with Crippen LogP contribution in [0.4, 0.5) is 0 Å². The van der Waals surface area contributed by atoms with Gasteiger partial charge < -0.3 is 9.73 Å². The van der Waals surface area contributed by atoms with Crippen molar-refractivity contribution in [3.63, 3.8) is 0 Å². The molecule has 0 saturated carbocycles. The van der Waals surface area contributed by atoms with Crippen molar-refractivity contribution in [2.45, 2.75) is 39.7 Å². The van der Waals surface area contributed by atoms with Crippen LogP contribution in [0.2, 0.25) is 0 Å². The fourth-order valence-electron chi connectivity index (χ4n) is 2.96. The van der Waals surface area contributed by atoms with E-state index in [-0.39, 0.29) is 11.9 Å². The molecule has 0 saturated heterocycles. The van der Waals surface area contributed by atoms with Crippen molar-refractivity contribution in [3.05, 3.63) is 47.7 Å². The van der Waals surface area contributed by atoms with Crippen molar-refractivity contribution in [3.8, 4) is 0 Å². The summed E-state index contributed by atoms with van der Waals surface area (Å²) < 4.78 is 5.94. The lowest BCUT2D eigenvalue weighted by Crippen LogP contribution is -2.32. The maximum Gasteiger partial charge on any atom is 0.287 e. The summed E-state index contributed by atoms with van der Waals surface area (Å²) in [4.78, 5) is 12.5. The number of carbonyl (C=O) groups is 1. The van der Waals surface area contributed by atoms with Crippen LogP contribution < -0.4 is 5.32 Å². The molecule has 1 heterocycles. The Morgan fingerprint density at radius 3 is 2.73 bits per heavy atom. The molecule has 0 aliphatic heterocycles. The van der Waals surface area contributed by atoms with Gasteiger partial charge in [0.2, 0.25) is 0 Å². The third kappa shape index (κ3) is 2.47. The van der Waals surface area contributed by atoms with Crippen LogP contribution in [0, 0.1) is 6.92 Å². The maximum atomic E-state index is 12.5. The van der Waals surface area contributed by atoms with Gasteiger partial charge in [-0.2, -0.15) is 0 Å². The van der Waals surface area contributed by atoms with Gasteiger partial charge in [0.15, 0.2) is 5.76 Å². The highest BCUT2D eigenvalue weighted by atomic mass is 16.3. The summed E-state index contributed by atoms with van der Waals surface area (Å²) in [5.74, 6) is 0.299. The second-order valence-electron chi connectivity index (χ2n) is 5.88. The highest BCUT2D eigenvalue weighted by molar-refractivity contribution is 6.08. The van der Waals surface area contributed by atoms with E-state index in [1.54, 1.807) is 0 Å². The van der Waals surface area contributed by atoms with Crippen molar-refractivity contribution in [2.75, 3.05) is 0 Å². The molecule has 0 radical (unpaired) electrons. The van der Waals surface area contributed by atoms with Crippen LogP contribution >= 0.6 is 0 Å². The number of nitrogens with one attached hydrogen (secondary N) is 1. The lowest BCUT2D eigenvalue weighted by atomic mass is 10.1. The number of fused-ring (bicyclic) bond motifs is 3. The van der Waals surface area contributed by atoms with Crippen LogP contribution in [0.1, 0.15) is 42.8 Å². The van der Waals surface area contributed by atoms with Gasteiger partial charge in [-0.1, -0.05) is 49.7 Å². The fourth-order valence-corrected chi connectivity index (χ4v) is 2.96. The molecule has 1 amide bonds. The minimum Gasteiger partial charge on any atom is -0.450 e. The predicted octanol–water partition coefficient (Wildman–Crippen LogP) is 4.81. The van der Waals surface area contributed by atoms with Crippen molar-refractivity contribution >= 4 is 27.6 Å². The second-order valence-corrected chi connectivity index (χ2v) is 5.88. The Balaban J connectivity index is 2.06. The first kappa shape index (κ1) is 14.6. The zero-order valence-electron chi connectivity index (χ0n) is 13.3. The lowest BCUT2D eigenvalue weighted by Gasteiger charge is -2.11. The summed E-state index contributed by atoms with van der Waals surface area (Å²) in [5.41, 5.74) is 1.70. The molecule has 3 nitrogen and oxygen atoms in total. The molecule has 0 spiro atoms. The molecule has 3 aromatic rings. The number of hydrogen-bond donors (Lipinski definition) is 1. The molecule has 0 aliphatic rings. The van der Waals surface area contributed by atoms with Crippen molar-refractivity contribution in [1.82, 2.24) is 5.32 Å². The molecule has 1 unspecified atom stereocenters. The van der Waals surface area contributed by atoms with E-state index in [4.69, 9.17) is 4.42 Å². The van der Waals surface area contributed by atoms with E-state index < -0.39 is 0 Å². The first-order valence-corrected chi connectivity index (χ1v) is 7.83. The van der Waals surface area contributed by atoms with Crippen LogP contribution in [0.5, 0.6) is 0 Å². The van der Waals surface area contributed by atoms with E-state index in [2.05, 4.69) is 24.4 Å². The topological polar surface area (TPSA) is 42.2 Å². The van der Waals surface area contributed by atoms with E-state index in [0.29, 0.717) is 5.76 Å². The molecule has 22 heavy (non-hydrogen) atoms. The zero-order chi connectivity index (χ0) is 15.7. The van der Waals surface area contributed by atoms with Gasteiger partial charge in [0.1, 0.15) is 5.58 Å². The van der Waals surface area contributed by atoms with Gasteiger partial charge >= 0.3 is 0 Å². The Morgan fingerprint density at radius 1 is 1.18 bits per heavy atom. The highest BCUT2D eigenvalue weighted by Crippen LogP contribution is 2.31. The lowest BCUT2D eigenvalue weighted by molar-refractivity contribution is 0.0911. The van der Waals surface area contributed by atoms with Gasteiger partial charge in [-0.25, -0.2) is 0 Å². The number of rotatable bonds is 4. The van der Waals surface area contributed by atoms with E-state index >= 15 is 0 Å². The van der Waals surface area contributed by atoms with Gasteiger partial charge in [0, 0.05) is 22.4 Å². The number of benzene rings is 2. The van der Waals surface area contributed by atoms with Gasteiger partial charge in [0.05, 0.1) is 0 Å². The number of furan rings is 1. The van der Waals surface area contributed by atoms with Gasteiger partial charge in [0.25, 0.3) is 5.91 Å². The molecular weight excluding hydrogens is 274 g/mol. The molecule has 1 atom stereocenters. The number of hydrogen-bond acceptors (Lipinski definition) is 2. The Hall–Kier alpha value is -2.29. The second kappa shape index (κ2) is 5.84. The van der Waals surface area contributed by atoms with E-state index in [9.17, 15) is 4.79 Å². The minimum atomic E-state index is -0.126. The summed E-state index contributed by atoms with van der Waals surface area (Å²) in [6.07, 6.45) is 2.01. The zero-order valence-corrected chi connectivity index (χ0v) is 13.3. The minimum absolute atomic E-state index is 0.126. The van der Waals surface area contributed by atoms with Crippen molar-refractivity contribution in [1.29, 1.82) is 0 Å². The molecule has 1 N–H and O–H groups in total. The summed E-state index contributed by atoms with van der Waals surface area (Å²) in [6, 6.07) is 12.3. The smallest absolute Gasteiger partial charge is 0.287 e. The summed E-state index contributed by atoms with van der Waals surface area (Å²) in [5, 5.41) is 6.19. The van der Waals surface area contributed by atoms with Crippen LogP contribution in [0.15, 0.2) is 40.8 Å². The molecule has 0 fully saturated rings. The summed E-state index contributed by atoms with van der Waals surface area (Å²) in [7, 11) is 0. The molecule has 114 valence electrons. The van der Waals surface area contributed by atoms with Crippen LogP contribution in [0.25, 0.3) is 21.7 Å². The summed E-state index contributed by atoms with van der Waals surface area (Å²) in [6.45, 7) is 6.08. The number of carbonyl (C=O) groups excluding carboxylic acids is 1. The van der Waals surface area contributed by atoms with E-state index in [1.807, 2.05) is 38.1 Å².